The van der Waals surface area contributed by atoms with Gasteiger partial charge in [0, 0.05) is 50.7 Å². The summed E-state index contributed by atoms with van der Waals surface area (Å²) in [5.41, 5.74) is 6.45. The van der Waals surface area contributed by atoms with Crippen molar-refractivity contribution in [1.82, 2.24) is 39.7 Å². The molecule has 0 aliphatic heterocycles. The largest absolute Gasteiger partial charge is 0.480 e. The first-order valence-corrected chi connectivity index (χ1v) is 26.7. The normalized spacial score (nSPS) is 12.2. The minimum atomic E-state index is -3.92. The van der Waals surface area contributed by atoms with Gasteiger partial charge in [0.05, 0.1) is 70.3 Å². The summed E-state index contributed by atoms with van der Waals surface area (Å²) in [5, 5.41) is 5.88. The lowest BCUT2D eigenvalue weighted by Gasteiger charge is -2.14. The number of nitrogens with one attached hydrogen (secondary N) is 4. The molecule has 4 heterocycles. The second-order valence-corrected chi connectivity index (χ2v) is 21.7. The first kappa shape index (κ1) is 55.3. The molecular formula is C54H58N10O10S2. The molecule has 22 heteroatoms. The van der Waals surface area contributed by atoms with Gasteiger partial charge in [-0.15, -0.1) is 0 Å². The number of nitrogens with zero attached hydrogens (tertiary/aromatic N) is 6. The Bertz CT molecular complexity index is 3610. The van der Waals surface area contributed by atoms with Gasteiger partial charge in [0.2, 0.25) is 23.6 Å². The van der Waals surface area contributed by atoms with Crippen LogP contribution in [0.25, 0.3) is 44.1 Å². The molecule has 8 rings (SSSR count). The minimum Gasteiger partial charge on any atom is -0.480 e. The third-order valence-electron chi connectivity index (χ3n) is 12.2. The Labute approximate surface area is 439 Å². The molecule has 4 aromatic carbocycles. The molecule has 0 radical (unpaired) electrons. The van der Waals surface area contributed by atoms with Crippen molar-refractivity contribution in [1.29, 1.82) is 0 Å². The van der Waals surface area contributed by atoms with E-state index in [0.29, 0.717) is 44.1 Å². The number of benzene rings is 4. The number of sulfonamides is 2. The number of carbonyl (C=O) groups is 2. The third kappa shape index (κ3) is 12.5. The quantitative estimate of drug-likeness (QED) is 0.0802. The molecule has 8 aromatic rings. The number of hydrogen-bond donors (Lipinski definition) is 4. The van der Waals surface area contributed by atoms with E-state index in [0.717, 1.165) is 22.3 Å². The predicted molar refractivity (Wildman–Crippen MR) is 291 cm³/mol. The average molecular weight is 1070 g/mol. The Morgan fingerprint density at radius 2 is 0.882 bits per heavy atom. The number of carbonyl (C=O) groups excluding carboxylic acids is 2. The molecule has 4 aromatic heterocycles. The lowest BCUT2D eigenvalue weighted by Crippen LogP contribution is -2.32. The fourth-order valence-corrected chi connectivity index (χ4v) is 10.9. The maximum Gasteiger partial charge on any atom is 0.262 e. The van der Waals surface area contributed by atoms with E-state index < -0.39 is 31.9 Å². The molecule has 0 fully saturated rings. The summed E-state index contributed by atoms with van der Waals surface area (Å²) in [6.07, 6.45) is 5.94. The van der Waals surface area contributed by atoms with Crippen molar-refractivity contribution in [3.63, 3.8) is 0 Å². The second-order valence-electron chi connectivity index (χ2n) is 18.3. The van der Waals surface area contributed by atoms with Crippen molar-refractivity contribution in [3.05, 3.63) is 153 Å². The Morgan fingerprint density at radius 1 is 0.526 bits per heavy atom. The molecule has 0 aliphatic rings. The van der Waals surface area contributed by atoms with Crippen LogP contribution in [0.4, 0.5) is 11.4 Å². The molecule has 2 amide bonds. The van der Waals surface area contributed by atoms with Gasteiger partial charge in [-0.2, -0.15) is 0 Å². The van der Waals surface area contributed by atoms with E-state index in [4.69, 9.17) is 9.47 Å². The number of anilines is 2. The highest BCUT2D eigenvalue weighted by Crippen LogP contribution is 2.33. The van der Waals surface area contributed by atoms with Gasteiger partial charge in [0.25, 0.3) is 31.2 Å². The molecule has 0 aliphatic carbocycles. The van der Waals surface area contributed by atoms with E-state index in [-0.39, 0.29) is 68.9 Å². The van der Waals surface area contributed by atoms with Crippen LogP contribution in [0.15, 0.2) is 129 Å². The highest BCUT2D eigenvalue weighted by atomic mass is 32.2. The van der Waals surface area contributed by atoms with Crippen molar-refractivity contribution in [2.45, 2.75) is 64.4 Å². The van der Waals surface area contributed by atoms with E-state index in [9.17, 15) is 36.0 Å². The molecule has 0 saturated carbocycles. The van der Waals surface area contributed by atoms with Crippen LogP contribution in [0.1, 0.15) is 36.1 Å². The van der Waals surface area contributed by atoms with E-state index in [1.807, 2.05) is 39.8 Å². The van der Waals surface area contributed by atoms with E-state index in [2.05, 4.69) is 40.0 Å². The number of fused-ring (bicyclic) bond motifs is 2. The van der Waals surface area contributed by atoms with E-state index >= 15 is 0 Å². The molecule has 0 spiro atoms. The van der Waals surface area contributed by atoms with Crippen LogP contribution in [0.2, 0.25) is 0 Å². The maximum atomic E-state index is 13.2. The SMILES string of the molecule is CNC(=O)[C@@H](C)Cn1cnc2ccc(-c3cnc(OC)c(NS(=O)(=O)c4cc(C)cc(C)c4)c3)cc2c1=O.CNC(=O)[C@H](C)Cn1cnc2ccc(-c3cnc(OC)c(NS(=O)(=O)c4cc(C)cc(C)c4)c3)cc2c1=O. The Morgan fingerprint density at radius 3 is 1.21 bits per heavy atom. The number of aromatic nitrogens is 6. The Hall–Kier alpha value is -8.50. The molecule has 396 valence electrons. The summed E-state index contributed by atoms with van der Waals surface area (Å²) in [7, 11) is -1.95. The zero-order valence-electron chi connectivity index (χ0n) is 43.5. The topological polar surface area (TPSA) is 265 Å². The van der Waals surface area contributed by atoms with Gasteiger partial charge in [-0.3, -0.25) is 37.8 Å². The number of rotatable bonds is 16. The summed E-state index contributed by atoms with van der Waals surface area (Å²) in [4.78, 5) is 67.8. The molecule has 0 saturated heterocycles. The lowest BCUT2D eigenvalue weighted by molar-refractivity contribution is -0.125. The summed E-state index contributed by atoms with van der Waals surface area (Å²) in [5.74, 6) is -0.974. The summed E-state index contributed by atoms with van der Waals surface area (Å²) >= 11 is 0. The number of aryl methyl sites for hydroxylation is 4. The zero-order chi connectivity index (χ0) is 55.2. The summed E-state index contributed by atoms with van der Waals surface area (Å²) in [6, 6.07) is 23.7. The standard InChI is InChI=1S/2C27H29N5O5S/c2*1-16-8-17(2)10-21(9-16)38(35,36)31-24-12-20(13-29-26(24)37-5)19-6-7-23-22(11-19)27(34)32(15-30-23)14-18(3)25(33)28-4/h2*6-13,15,18,31H,14H2,1-5H3,(H,28,33)/t2*18-/m10/s1. The smallest absolute Gasteiger partial charge is 0.262 e. The second kappa shape index (κ2) is 22.9. The van der Waals surface area contributed by atoms with Gasteiger partial charge < -0.3 is 20.1 Å². The van der Waals surface area contributed by atoms with Crippen LogP contribution >= 0.6 is 0 Å². The van der Waals surface area contributed by atoms with Crippen LogP contribution in [0.3, 0.4) is 0 Å². The van der Waals surface area contributed by atoms with Crippen molar-refractivity contribution in [3.8, 4) is 34.0 Å². The minimum absolute atomic E-state index is 0.106. The van der Waals surface area contributed by atoms with Crippen molar-refractivity contribution in [2.24, 2.45) is 11.8 Å². The van der Waals surface area contributed by atoms with Crippen LogP contribution < -0.4 is 40.7 Å². The molecule has 0 unspecified atom stereocenters. The molecule has 76 heavy (non-hydrogen) atoms. The van der Waals surface area contributed by atoms with Gasteiger partial charge in [-0.25, -0.2) is 36.8 Å². The average Bonchev–Trinajstić information content (AvgIpc) is 3.39. The van der Waals surface area contributed by atoms with Gasteiger partial charge in [-0.1, -0.05) is 38.1 Å². The fourth-order valence-electron chi connectivity index (χ4n) is 8.46. The van der Waals surface area contributed by atoms with Crippen molar-refractivity contribution < 1.29 is 35.9 Å². The fraction of sp³-hybridized carbons (Fsp3) is 0.259. The van der Waals surface area contributed by atoms with Gasteiger partial charge in [0.1, 0.15) is 11.4 Å². The summed E-state index contributed by atoms with van der Waals surface area (Å²) in [6.45, 7) is 11.1. The molecule has 20 nitrogen and oxygen atoms in total. The van der Waals surface area contributed by atoms with E-state index in [1.54, 1.807) is 101 Å². The van der Waals surface area contributed by atoms with Gasteiger partial charge >= 0.3 is 0 Å². The predicted octanol–water partition coefficient (Wildman–Crippen LogP) is 6.53. The molecule has 0 bridgehead atoms. The molecular weight excluding hydrogens is 1010 g/mol. The van der Waals surface area contributed by atoms with Crippen LogP contribution in [-0.4, -0.2) is 86.0 Å². The number of hydrogen-bond acceptors (Lipinski definition) is 14. The van der Waals surface area contributed by atoms with Crippen molar-refractivity contribution >= 4 is 65.0 Å². The monoisotopic (exact) mass is 1070 g/mol. The van der Waals surface area contributed by atoms with Crippen LogP contribution in [-0.2, 0) is 42.7 Å². The number of amides is 2. The van der Waals surface area contributed by atoms with E-state index in [1.165, 1.54) is 48.4 Å². The highest BCUT2D eigenvalue weighted by molar-refractivity contribution is 7.93. The summed E-state index contributed by atoms with van der Waals surface area (Å²) < 4.78 is 71.2. The van der Waals surface area contributed by atoms with Crippen molar-refractivity contribution in [2.75, 3.05) is 37.8 Å². The molecule has 4 N–H and O–H groups in total. The first-order valence-electron chi connectivity index (χ1n) is 23.8. The maximum absolute atomic E-state index is 13.2. The lowest BCUT2D eigenvalue weighted by atomic mass is 10.0. The Balaban J connectivity index is 0.000000221. The number of ether oxygens (including phenoxy) is 2. The third-order valence-corrected chi connectivity index (χ3v) is 14.9. The first-order chi connectivity index (χ1) is 36.0. The Kier molecular flexibility index (Phi) is 16.7. The van der Waals surface area contributed by atoms with Crippen LogP contribution in [0, 0.1) is 39.5 Å². The van der Waals surface area contributed by atoms with Gasteiger partial charge in [0.15, 0.2) is 0 Å². The number of pyridine rings is 2. The van der Waals surface area contributed by atoms with Crippen LogP contribution in [0.5, 0.6) is 11.8 Å². The molecule has 2 atom stereocenters. The highest BCUT2D eigenvalue weighted by Gasteiger charge is 2.22. The number of methoxy groups -OCH3 is 2. The van der Waals surface area contributed by atoms with Gasteiger partial charge in [-0.05, 0) is 122 Å². The zero-order valence-corrected chi connectivity index (χ0v) is 45.2.